The Morgan fingerprint density at radius 1 is 1.16 bits per heavy atom. The largest absolute Gasteiger partial charge is 0.497 e. The van der Waals surface area contributed by atoms with Crippen LogP contribution in [0, 0.1) is 13.8 Å². The zero-order valence-corrected chi connectivity index (χ0v) is 18.2. The molecule has 0 bridgehead atoms. The zero-order chi connectivity index (χ0) is 22.5. The lowest BCUT2D eigenvalue weighted by atomic mass is 10.1. The number of anilines is 1. The second-order valence-corrected chi connectivity index (χ2v) is 7.83. The first-order valence-corrected chi connectivity index (χ1v) is 10.3. The standard InChI is InChI=1S/C22H22N4O4S/c1-13-8-14(2)10-16(9-13)26-20(28)18(11-15-4-6-17(30-3)7-5-15)24-22(26)31-12-19(27)25-21(23)29/h4-11H,12H2,1-3H3,(H3,23,25,27,29)/b18-11-. The van der Waals surface area contributed by atoms with E-state index in [1.165, 1.54) is 4.90 Å². The molecule has 0 aliphatic carbocycles. The number of hydrogen-bond acceptors (Lipinski definition) is 6. The molecular formula is C22H22N4O4S. The van der Waals surface area contributed by atoms with E-state index in [0.29, 0.717) is 16.6 Å². The van der Waals surface area contributed by atoms with Crippen molar-refractivity contribution in [3.8, 4) is 5.75 Å². The van der Waals surface area contributed by atoms with Crippen molar-refractivity contribution in [1.29, 1.82) is 0 Å². The third-order valence-corrected chi connectivity index (χ3v) is 5.25. The summed E-state index contributed by atoms with van der Waals surface area (Å²) in [4.78, 5) is 41.9. The van der Waals surface area contributed by atoms with Crippen molar-refractivity contribution in [3.05, 3.63) is 64.9 Å². The molecule has 2 aromatic carbocycles. The average molecular weight is 439 g/mol. The Balaban J connectivity index is 1.94. The molecule has 0 radical (unpaired) electrons. The Kier molecular flexibility index (Phi) is 6.76. The number of methoxy groups -OCH3 is 1. The Morgan fingerprint density at radius 3 is 2.39 bits per heavy atom. The molecule has 160 valence electrons. The Bertz CT molecular complexity index is 1070. The van der Waals surface area contributed by atoms with Crippen LogP contribution in [-0.4, -0.2) is 35.9 Å². The van der Waals surface area contributed by atoms with Crippen molar-refractivity contribution in [2.24, 2.45) is 10.7 Å². The molecule has 0 unspecified atom stereocenters. The number of benzene rings is 2. The number of aliphatic imine (C=N–C) groups is 1. The van der Waals surface area contributed by atoms with Gasteiger partial charge >= 0.3 is 6.03 Å². The van der Waals surface area contributed by atoms with Gasteiger partial charge in [0.25, 0.3) is 5.91 Å². The number of rotatable bonds is 5. The molecular weight excluding hydrogens is 416 g/mol. The number of nitrogens with two attached hydrogens (primary N) is 1. The van der Waals surface area contributed by atoms with Crippen molar-refractivity contribution in [3.63, 3.8) is 0 Å². The highest BCUT2D eigenvalue weighted by molar-refractivity contribution is 8.14. The molecule has 0 aromatic heterocycles. The quantitative estimate of drug-likeness (QED) is 0.697. The molecule has 0 fully saturated rings. The van der Waals surface area contributed by atoms with E-state index in [1.54, 1.807) is 25.3 Å². The Labute approximate surface area is 184 Å². The van der Waals surface area contributed by atoms with Gasteiger partial charge in [-0.2, -0.15) is 0 Å². The molecule has 4 amide bonds. The van der Waals surface area contributed by atoms with Gasteiger partial charge in [0.15, 0.2) is 5.17 Å². The second-order valence-electron chi connectivity index (χ2n) is 6.88. The van der Waals surface area contributed by atoms with Crippen LogP contribution in [0.1, 0.15) is 16.7 Å². The van der Waals surface area contributed by atoms with Crippen molar-refractivity contribution in [2.45, 2.75) is 13.8 Å². The fourth-order valence-electron chi connectivity index (χ4n) is 3.06. The van der Waals surface area contributed by atoms with Gasteiger partial charge in [0, 0.05) is 0 Å². The fraction of sp³-hybridized carbons (Fsp3) is 0.182. The van der Waals surface area contributed by atoms with Gasteiger partial charge in [0.2, 0.25) is 5.91 Å². The number of amides is 4. The minimum absolute atomic E-state index is 0.119. The van der Waals surface area contributed by atoms with E-state index in [4.69, 9.17) is 10.5 Å². The van der Waals surface area contributed by atoms with Crippen LogP contribution < -0.4 is 20.7 Å². The zero-order valence-electron chi connectivity index (χ0n) is 17.3. The maximum atomic E-state index is 13.2. The number of ether oxygens (including phenoxy) is 1. The van der Waals surface area contributed by atoms with Crippen LogP contribution in [0.2, 0.25) is 0 Å². The summed E-state index contributed by atoms with van der Waals surface area (Å²) >= 11 is 1.05. The van der Waals surface area contributed by atoms with Gasteiger partial charge in [-0.05, 0) is 60.9 Å². The molecule has 1 aliphatic heterocycles. The minimum Gasteiger partial charge on any atom is -0.497 e. The van der Waals surface area contributed by atoms with Crippen LogP contribution in [0.3, 0.4) is 0 Å². The van der Waals surface area contributed by atoms with E-state index < -0.39 is 11.9 Å². The topological polar surface area (TPSA) is 114 Å². The summed E-state index contributed by atoms with van der Waals surface area (Å²) in [5, 5.41) is 2.35. The average Bonchev–Trinajstić information content (AvgIpc) is 3.01. The monoisotopic (exact) mass is 438 g/mol. The summed E-state index contributed by atoms with van der Waals surface area (Å²) in [5.41, 5.74) is 8.65. The third-order valence-electron chi connectivity index (χ3n) is 4.31. The van der Waals surface area contributed by atoms with E-state index in [2.05, 4.69) is 4.99 Å². The molecule has 0 spiro atoms. The van der Waals surface area contributed by atoms with Crippen LogP contribution in [0.4, 0.5) is 10.5 Å². The summed E-state index contributed by atoms with van der Waals surface area (Å²) < 4.78 is 5.16. The number of primary amides is 1. The number of imide groups is 1. The van der Waals surface area contributed by atoms with Gasteiger partial charge in [-0.25, -0.2) is 9.79 Å². The summed E-state index contributed by atoms with van der Waals surface area (Å²) in [5.74, 6) is -0.289. The van der Waals surface area contributed by atoms with Gasteiger partial charge in [0.05, 0.1) is 18.6 Å². The lowest BCUT2D eigenvalue weighted by Gasteiger charge is -2.19. The van der Waals surface area contributed by atoms with Crippen LogP contribution in [0.25, 0.3) is 6.08 Å². The molecule has 8 nitrogen and oxygen atoms in total. The predicted octanol–water partition coefficient (Wildman–Crippen LogP) is 2.98. The van der Waals surface area contributed by atoms with Gasteiger partial charge in [-0.1, -0.05) is 30.0 Å². The number of aryl methyl sites for hydroxylation is 2. The molecule has 0 saturated carbocycles. The smallest absolute Gasteiger partial charge is 0.318 e. The SMILES string of the molecule is COc1ccc(/C=C2\N=C(SCC(=O)NC(N)=O)N(c3cc(C)cc(C)c3)C2=O)cc1. The molecule has 9 heteroatoms. The van der Waals surface area contributed by atoms with E-state index in [1.807, 2.05) is 49.5 Å². The number of urea groups is 1. The van der Waals surface area contributed by atoms with E-state index in [9.17, 15) is 14.4 Å². The first-order chi connectivity index (χ1) is 14.8. The predicted molar refractivity (Wildman–Crippen MR) is 122 cm³/mol. The molecule has 0 atom stereocenters. The highest BCUT2D eigenvalue weighted by Crippen LogP contribution is 2.31. The first-order valence-electron chi connectivity index (χ1n) is 9.36. The fourth-order valence-corrected chi connectivity index (χ4v) is 3.87. The number of nitrogens with one attached hydrogen (secondary N) is 1. The van der Waals surface area contributed by atoms with E-state index in [-0.39, 0.29) is 17.4 Å². The number of thioether (sulfide) groups is 1. The lowest BCUT2D eigenvalue weighted by Crippen LogP contribution is -2.37. The molecule has 31 heavy (non-hydrogen) atoms. The normalized spacial score (nSPS) is 14.5. The van der Waals surface area contributed by atoms with Gasteiger partial charge in [-0.15, -0.1) is 0 Å². The van der Waals surface area contributed by atoms with Crippen molar-refractivity contribution in [2.75, 3.05) is 17.8 Å². The highest BCUT2D eigenvalue weighted by Gasteiger charge is 2.32. The number of carbonyl (C=O) groups excluding carboxylic acids is 3. The number of nitrogens with zero attached hydrogens (tertiary/aromatic N) is 2. The summed E-state index contributed by atoms with van der Waals surface area (Å²) in [6, 6.07) is 12.1. The van der Waals surface area contributed by atoms with Crippen LogP contribution in [0.15, 0.2) is 53.2 Å². The van der Waals surface area contributed by atoms with E-state index >= 15 is 0 Å². The molecule has 0 saturated heterocycles. The van der Waals surface area contributed by atoms with Crippen molar-refractivity contribution < 1.29 is 19.1 Å². The highest BCUT2D eigenvalue weighted by atomic mass is 32.2. The molecule has 2 aromatic rings. The summed E-state index contributed by atoms with van der Waals surface area (Å²) in [6.07, 6.45) is 1.68. The Morgan fingerprint density at radius 2 is 1.81 bits per heavy atom. The Hall–Kier alpha value is -3.59. The maximum Gasteiger partial charge on any atom is 0.318 e. The van der Waals surface area contributed by atoms with Gasteiger partial charge in [0.1, 0.15) is 11.4 Å². The molecule has 1 aliphatic rings. The van der Waals surface area contributed by atoms with Crippen LogP contribution >= 0.6 is 11.8 Å². The van der Waals surface area contributed by atoms with Gasteiger partial charge < -0.3 is 10.5 Å². The third kappa shape index (κ3) is 5.52. The minimum atomic E-state index is -0.929. The summed E-state index contributed by atoms with van der Waals surface area (Å²) in [7, 11) is 1.58. The number of amidine groups is 1. The summed E-state index contributed by atoms with van der Waals surface area (Å²) in [6.45, 7) is 3.88. The first kappa shape index (κ1) is 22.1. The molecule has 3 N–H and O–H groups in total. The van der Waals surface area contributed by atoms with E-state index in [0.717, 1.165) is 28.5 Å². The maximum absolute atomic E-state index is 13.2. The molecule has 1 heterocycles. The van der Waals surface area contributed by atoms with Crippen LogP contribution in [-0.2, 0) is 9.59 Å². The number of carbonyl (C=O) groups is 3. The lowest BCUT2D eigenvalue weighted by molar-refractivity contribution is -0.117. The molecule has 3 rings (SSSR count). The second kappa shape index (κ2) is 9.48. The van der Waals surface area contributed by atoms with Gasteiger partial charge in [-0.3, -0.25) is 19.8 Å². The van der Waals surface area contributed by atoms with Crippen molar-refractivity contribution >= 4 is 46.5 Å². The van der Waals surface area contributed by atoms with Crippen molar-refractivity contribution in [1.82, 2.24) is 5.32 Å². The van der Waals surface area contributed by atoms with Crippen LogP contribution in [0.5, 0.6) is 5.75 Å². The number of hydrogen-bond donors (Lipinski definition) is 2.